The predicted octanol–water partition coefficient (Wildman–Crippen LogP) is 2.88. The number of anilines is 1. The second kappa shape index (κ2) is 10.1. The number of methoxy groups -OCH3 is 1. The van der Waals surface area contributed by atoms with Crippen LogP contribution in [0.15, 0.2) is 54.9 Å². The van der Waals surface area contributed by atoms with E-state index in [2.05, 4.69) is 21.3 Å². The van der Waals surface area contributed by atoms with Crippen molar-refractivity contribution < 1.29 is 14.3 Å². The first-order valence-electron chi connectivity index (χ1n) is 11.5. The van der Waals surface area contributed by atoms with Crippen LogP contribution in [0.3, 0.4) is 0 Å². The first-order chi connectivity index (χ1) is 15.6. The summed E-state index contributed by atoms with van der Waals surface area (Å²) in [6.45, 7) is 4.13. The highest BCUT2D eigenvalue weighted by molar-refractivity contribution is 5.97. The molecule has 1 amide bonds. The number of likely N-dealkylation sites (tertiary alicyclic amines) is 1. The lowest BCUT2D eigenvalue weighted by Gasteiger charge is -2.25. The lowest BCUT2D eigenvalue weighted by molar-refractivity contribution is -0.145. The number of ether oxygens (including phenoxy) is 1. The van der Waals surface area contributed by atoms with Gasteiger partial charge in [0.15, 0.2) is 0 Å². The molecule has 1 N–H and O–H groups in total. The maximum absolute atomic E-state index is 12.2. The van der Waals surface area contributed by atoms with Gasteiger partial charge in [0.1, 0.15) is 6.04 Å². The molecule has 0 bridgehead atoms. The molecule has 3 fully saturated rings. The Kier molecular flexibility index (Phi) is 7.05. The molecule has 2 unspecified atom stereocenters. The van der Waals surface area contributed by atoms with Crippen molar-refractivity contribution >= 4 is 17.6 Å². The Hall–Kier alpha value is -2.93. The van der Waals surface area contributed by atoms with Crippen molar-refractivity contribution in [3.05, 3.63) is 60.4 Å². The topological polar surface area (TPSA) is 74.8 Å². The second-order valence-electron chi connectivity index (χ2n) is 8.74. The van der Waals surface area contributed by atoms with E-state index >= 15 is 0 Å². The molecule has 1 spiro atoms. The van der Waals surface area contributed by atoms with E-state index in [1.54, 1.807) is 17.0 Å². The van der Waals surface area contributed by atoms with Gasteiger partial charge in [-0.2, -0.15) is 0 Å². The van der Waals surface area contributed by atoms with Gasteiger partial charge in [0, 0.05) is 36.9 Å². The first-order valence-corrected chi connectivity index (χ1v) is 11.5. The molecule has 0 aliphatic carbocycles. The normalized spacial score (nSPS) is 24.3. The van der Waals surface area contributed by atoms with Crippen LogP contribution in [0.5, 0.6) is 0 Å². The summed E-state index contributed by atoms with van der Waals surface area (Å²) in [6, 6.07) is 12.8. The van der Waals surface area contributed by atoms with Crippen LogP contribution in [-0.2, 0) is 9.53 Å². The van der Waals surface area contributed by atoms with Crippen LogP contribution < -0.4 is 10.2 Å². The quantitative estimate of drug-likeness (QED) is 0.746. The Morgan fingerprint density at radius 3 is 2.62 bits per heavy atom. The summed E-state index contributed by atoms with van der Waals surface area (Å²) in [7, 11) is 1.35. The van der Waals surface area contributed by atoms with Crippen LogP contribution >= 0.6 is 0 Å². The SMILES string of the molecule is COC(=O)C1CCCN1C(=O)c1ccccc1.c1cncc(N2CCC3(CCCN3)C2)c1. The number of hydrogen-bond acceptors (Lipinski definition) is 6. The predicted molar refractivity (Wildman–Crippen MR) is 124 cm³/mol. The van der Waals surface area contributed by atoms with Gasteiger partial charge in [0.25, 0.3) is 5.91 Å². The molecule has 32 heavy (non-hydrogen) atoms. The average Bonchev–Trinajstić information content (AvgIpc) is 3.62. The third-order valence-corrected chi connectivity index (χ3v) is 6.70. The van der Waals surface area contributed by atoms with Crippen molar-refractivity contribution in [3.63, 3.8) is 0 Å². The fourth-order valence-corrected chi connectivity index (χ4v) is 4.99. The van der Waals surface area contributed by atoms with Gasteiger partial charge < -0.3 is 19.9 Å². The molecule has 1 aromatic carbocycles. The van der Waals surface area contributed by atoms with E-state index in [-0.39, 0.29) is 11.9 Å². The average molecular weight is 437 g/mol. The van der Waals surface area contributed by atoms with Crippen molar-refractivity contribution in [2.45, 2.75) is 43.7 Å². The van der Waals surface area contributed by atoms with Crippen LogP contribution in [0, 0.1) is 0 Å². The Morgan fingerprint density at radius 2 is 1.94 bits per heavy atom. The van der Waals surface area contributed by atoms with E-state index in [1.807, 2.05) is 36.7 Å². The Morgan fingerprint density at radius 1 is 1.09 bits per heavy atom. The first kappa shape index (κ1) is 22.3. The summed E-state index contributed by atoms with van der Waals surface area (Å²) in [5.41, 5.74) is 2.29. The molecule has 170 valence electrons. The largest absolute Gasteiger partial charge is 0.467 e. The zero-order valence-electron chi connectivity index (χ0n) is 18.7. The zero-order valence-corrected chi connectivity index (χ0v) is 18.7. The van der Waals surface area contributed by atoms with Crippen LogP contribution in [0.2, 0.25) is 0 Å². The number of nitrogens with zero attached hydrogens (tertiary/aromatic N) is 3. The van der Waals surface area contributed by atoms with Crippen LogP contribution in [0.4, 0.5) is 5.69 Å². The third-order valence-electron chi connectivity index (χ3n) is 6.70. The number of carbonyl (C=O) groups excluding carboxylic acids is 2. The molecule has 0 radical (unpaired) electrons. The summed E-state index contributed by atoms with van der Waals surface area (Å²) < 4.78 is 4.72. The Balaban J connectivity index is 0.000000154. The molecule has 5 rings (SSSR count). The second-order valence-corrected chi connectivity index (χ2v) is 8.74. The fraction of sp³-hybridized carbons (Fsp3) is 0.480. The van der Waals surface area contributed by atoms with Gasteiger partial charge in [0.2, 0.25) is 0 Å². The summed E-state index contributed by atoms with van der Waals surface area (Å²) >= 11 is 0. The molecular formula is C25H32N4O3. The van der Waals surface area contributed by atoms with Crippen LogP contribution in [-0.4, -0.2) is 66.6 Å². The molecule has 3 aliphatic rings. The molecule has 2 aromatic rings. The maximum Gasteiger partial charge on any atom is 0.328 e. The lowest BCUT2D eigenvalue weighted by atomic mass is 9.97. The van der Waals surface area contributed by atoms with E-state index in [0.29, 0.717) is 24.1 Å². The number of hydrogen-bond donors (Lipinski definition) is 1. The third kappa shape index (κ3) is 4.93. The number of amides is 1. The van der Waals surface area contributed by atoms with E-state index in [4.69, 9.17) is 4.74 Å². The van der Waals surface area contributed by atoms with Gasteiger partial charge >= 0.3 is 5.97 Å². The summed E-state index contributed by atoms with van der Waals surface area (Å²) in [5, 5.41) is 3.67. The van der Waals surface area contributed by atoms with Crippen molar-refractivity contribution in [2.24, 2.45) is 0 Å². The minimum absolute atomic E-state index is 0.0986. The molecule has 3 saturated heterocycles. The number of pyridine rings is 1. The molecular weight excluding hydrogens is 404 g/mol. The maximum atomic E-state index is 12.2. The van der Waals surface area contributed by atoms with E-state index in [9.17, 15) is 9.59 Å². The van der Waals surface area contributed by atoms with E-state index < -0.39 is 6.04 Å². The van der Waals surface area contributed by atoms with Gasteiger partial charge in [-0.05, 0) is 62.9 Å². The number of esters is 1. The van der Waals surface area contributed by atoms with Gasteiger partial charge in [-0.1, -0.05) is 18.2 Å². The highest BCUT2D eigenvalue weighted by Crippen LogP contribution is 2.32. The summed E-state index contributed by atoms with van der Waals surface area (Å²) in [4.78, 5) is 32.0. The summed E-state index contributed by atoms with van der Waals surface area (Å²) in [5.74, 6) is -0.426. The fourth-order valence-electron chi connectivity index (χ4n) is 4.99. The molecule has 2 atom stereocenters. The lowest BCUT2D eigenvalue weighted by Crippen LogP contribution is -2.42. The molecule has 4 heterocycles. The monoisotopic (exact) mass is 436 g/mol. The molecule has 1 aromatic heterocycles. The molecule has 3 aliphatic heterocycles. The summed E-state index contributed by atoms with van der Waals surface area (Å²) in [6.07, 6.45) is 9.28. The van der Waals surface area contributed by atoms with E-state index in [1.165, 1.54) is 45.1 Å². The highest BCUT2D eigenvalue weighted by atomic mass is 16.5. The Bertz CT molecular complexity index is 900. The van der Waals surface area contributed by atoms with Crippen molar-refractivity contribution in [2.75, 3.05) is 38.2 Å². The number of benzene rings is 1. The number of aromatic nitrogens is 1. The molecule has 7 nitrogen and oxygen atoms in total. The standard InChI is InChI=1S/C13H15NO3.C12H17N3/c1-17-13(16)11-8-5-9-14(11)12(15)10-6-3-2-4-7-10;1-3-11(9-13-6-1)15-8-5-12(10-15)4-2-7-14-12/h2-4,6-7,11H,5,8-9H2,1H3;1,3,6,9,14H,2,4-5,7-8,10H2. The number of nitrogens with one attached hydrogen (secondary N) is 1. The number of rotatable bonds is 3. The van der Waals surface area contributed by atoms with Gasteiger partial charge in [0.05, 0.1) is 19.0 Å². The van der Waals surface area contributed by atoms with Gasteiger partial charge in [-0.25, -0.2) is 4.79 Å². The van der Waals surface area contributed by atoms with Gasteiger partial charge in [-0.3, -0.25) is 9.78 Å². The minimum Gasteiger partial charge on any atom is -0.467 e. The van der Waals surface area contributed by atoms with Crippen LogP contribution in [0.25, 0.3) is 0 Å². The molecule has 0 saturated carbocycles. The minimum atomic E-state index is -0.423. The zero-order chi connectivity index (χ0) is 22.4. The van der Waals surface area contributed by atoms with Crippen molar-refractivity contribution in [3.8, 4) is 0 Å². The van der Waals surface area contributed by atoms with Crippen molar-refractivity contribution in [1.82, 2.24) is 15.2 Å². The highest BCUT2D eigenvalue weighted by Gasteiger charge is 2.40. The number of carbonyl (C=O) groups is 2. The van der Waals surface area contributed by atoms with E-state index in [0.717, 1.165) is 13.0 Å². The van der Waals surface area contributed by atoms with Crippen LogP contribution in [0.1, 0.15) is 42.5 Å². The molecule has 7 heteroatoms. The smallest absolute Gasteiger partial charge is 0.328 e. The van der Waals surface area contributed by atoms with Crippen molar-refractivity contribution in [1.29, 1.82) is 0 Å². The van der Waals surface area contributed by atoms with Gasteiger partial charge in [-0.15, -0.1) is 0 Å². The Labute approximate surface area is 189 Å².